The molecule has 0 aliphatic heterocycles. The Morgan fingerprint density at radius 3 is 1.91 bits per heavy atom. The van der Waals surface area contributed by atoms with E-state index in [4.69, 9.17) is 11.6 Å². The molecule has 0 bridgehead atoms. The van der Waals surface area contributed by atoms with Crippen molar-refractivity contribution >= 4 is 63.0 Å². The molecule has 32 heavy (non-hydrogen) atoms. The van der Waals surface area contributed by atoms with Crippen LogP contribution in [0.15, 0.2) is 82.4 Å². The summed E-state index contributed by atoms with van der Waals surface area (Å²) in [4.78, 5) is 13.2. The van der Waals surface area contributed by atoms with Crippen molar-refractivity contribution in [2.24, 2.45) is 5.10 Å². The number of halogens is 2. The van der Waals surface area contributed by atoms with Crippen LogP contribution in [-0.2, 0) is 0 Å². The third-order valence-corrected chi connectivity index (χ3v) is 4.94. The fourth-order valence-electron chi connectivity index (χ4n) is 2.68. The number of phenolic OH excluding ortho intramolecular Hbond substituents is 1. The van der Waals surface area contributed by atoms with E-state index in [9.17, 15) is 5.11 Å². The highest BCUT2D eigenvalue weighted by atomic mass is 79.9. The van der Waals surface area contributed by atoms with E-state index in [1.807, 2.05) is 60.7 Å². The van der Waals surface area contributed by atoms with Crippen LogP contribution in [0.3, 0.4) is 0 Å². The second-order valence-corrected chi connectivity index (χ2v) is 7.77. The number of phenols is 1. The van der Waals surface area contributed by atoms with Crippen LogP contribution in [0, 0.1) is 0 Å². The summed E-state index contributed by atoms with van der Waals surface area (Å²) in [6.45, 7) is 0. The van der Waals surface area contributed by atoms with Gasteiger partial charge >= 0.3 is 0 Å². The SMILES string of the molecule is Oc1c(Br)cc(Cl)cc1/C=N/Nc1nc(Nc2ccccc2)nc(Nc2ccccc2)n1. The predicted molar refractivity (Wildman–Crippen MR) is 131 cm³/mol. The molecule has 0 unspecified atom stereocenters. The van der Waals surface area contributed by atoms with Gasteiger partial charge in [0.1, 0.15) is 5.75 Å². The molecule has 0 saturated heterocycles. The lowest BCUT2D eigenvalue weighted by atomic mass is 10.2. The molecule has 0 aliphatic carbocycles. The standard InChI is InChI=1S/C22H17BrClN7O/c23-18-12-15(24)11-14(19(18)32)13-25-31-22-29-20(26-16-7-3-1-4-8-16)28-21(30-22)27-17-9-5-2-6-10-17/h1-13,32H,(H3,26,27,28,29,30,31)/b25-13+. The van der Waals surface area contributed by atoms with Crippen LogP contribution in [0.5, 0.6) is 5.75 Å². The minimum absolute atomic E-state index is 0.0217. The first-order valence-electron chi connectivity index (χ1n) is 9.44. The van der Waals surface area contributed by atoms with Gasteiger partial charge in [0.2, 0.25) is 17.8 Å². The number of rotatable bonds is 7. The summed E-state index contributed by atoms with van der Waals surface area (Å²) in [7, 11) is 0. The van der Waals surface area contributed by atoms with E-state index < -0.39 is 0 Å². The van der Waals surface area contributed by atoms with Crippen LogP contribution in [0.1, 0.15) is 5.56 Å². The third kappa shape index (κ3) is 5.71. The van der Waals surface area contributed by atoms with Crippen molar-refractivity contribution in [1.82, 2.24) is 15.0 Å². The lowest BCUT2D eigenvalue weighted by molar-refractivity contribution is 0.471. The Hall–Kier alpha value is -3.69. The van der Waals surface area contributed by atoms with Crippen molar-refractivity contribution in [3.05, 3.63) is 87.9 Å². The van der Waals surface area contributed by atoms with Gasteiger partial charge in [0.25, 0.3) is 0 Å². The minimum atomic E-state index is 0.0217. The highest BCUT2D eigenvalue weighted by Crippen LogP contribution is 2.30. The molecular weight excluding hydrogens is 494 g/mol. The Morgan fingerprint density at radius 2 is 1.34 bits per heavy atom. The maximum atomic E-state index is 10.1. The van der Waals surface area contributed by atoms with Crippen LogP contribution >= 0.6 is 27.5 Å². The van der Waals surface area contributed by atoms with Gasteiger partial charge in [0, 0.05) is 22.0 Å². The molecular formula is C22H17BrClN7O. The van der Waals surface area contributed by atoms with Crippen molar-refractivity contribution in [1.29, 1.82) is 0 Å². The van der Waals surface area contributed by atoms with Crippen molar-refractivity contribution in [2.45, 2.75) is 0 Å². The highest BCUT2D eigenvalue weighted by Gasteiger charge is 2.08. The van der Waals surface area contributed by atoms with E-state index in [2.05, 4.69) is 52.0 Å². The van der Waals surface area contributed by atoms with Crippen LogP contribution in [0.2, 0.25) is 5.02 Å². The molecule has 160 valence electrons. The third-order valence-electron chi connectivity index (χ3n) is 4.12. The number of para-hydroxylation sites is 2. The predicted octanol–water partition coefficient (Wildman–Crippen LogP) is 5.93. The summed E-state index contributed by atoms with van der Waals surface area (Å²) in [5.74, 6) is 0.883. The first-order chi connectivity index (χ1) is 15.6. The van der Waals surface area contributed by atoms with E-state index in [-0.39, 0.29) is 11.7 Å². The Balaban J connectivity index is 1.59. The molecule has 4 N–H and O–H groups in total. The molecule has 0 amide bonds. The van der Waals surface area contributed by atoms with Crippen molar-refractivity contribution in [3.63, 3.8) is 0 Å². The second-order valence-electron chi connectivity index (χ2n) is 6.48. The number of anilines is 5. The number of hydrogen-bond donors (Lipinski definition) is 4. The molecule has 0 fully saturated rings. The van der Waals surface area contributed by atoms with E-state index in [0.717, 1.165) is 11.4 Å². The van der Waals surface area contributed by atoms with E-state index in [1.165, 1.54) is 6.21 Å². The molecule has 0 saturated carbocycles. The zero-order valence-corrected chi connectivity index (χ0v) is 18.8. The minimum Gasteiger partial charge on any atom is -0.506 e. The van der Waals surface area contributed by atoms with Gasteiger partial charge in [0.05, 0.1) is 10.7 Å². The summed E-state index contributed by atoms with van der Waals surface area (Å²) < 4.78 is 0.468. The molecule has 10 heteroatoms. The quantitative estimate of drug-likeness (QED) is 0.180. The Labute approximate surface area is 197 Å². The Morgan fingerprint density at radius 1 is 0.812 bits per heavy atom. The molecule has 4 rings (SSSR count). The molecule has 1 heterocycles. The van der Waals surface area contributed by atoms with Gasteiger partial charge in [-0.05, 0) is 52.3 Å². The second kappa shape index (κ2) is 10.1. The van der Waals surface area contributed by atoms with E-state index in [0.29, 0.717) is 27.0 Å². The molecule has 1 aromatic heterocycles. The van der Waals surface area contributed by atoms with Crippen LogP contribution in [0.4, 0.5) is 29.2 Å². The van der Waals surface area contributed by atoms with Gasteiger partial charge in [-0.15, -0.1) is 0 Å². The topological polar surface area (TPSA) is 107 Å². The van der Waals surface area contributed by atoms with E-state index in [1.54, 1.807) is 12.1 Å². The van der Waals surface area contributed by atoms with Gasteiger partial charge in [-0.1, -0.05) is 48.0 Å². The average Bonchev–Trinajstić information content (AvgIpc) is 2.78. The zero-order valence-electron chi connectivity index (χ0n) is 16.5. The number of aromatic nitrogens is 3. The molecule has 3 aromatic carbocycles. The normalized spacial score (nSPS) is 10.8. The number of nitrogens with one attached hydrogen (secondary N) is 3. The smallest absolute Gasteiger partial charge is 0.250 e. The number of benzene rings is 3. The first kappa shape index (κ1) is 21.5. The maximum absolute atomic E-state index is 10.1. The highest BCUT2D eigenvalue weighted by molar-refractivity contribution is 9.10. The van der Waals surface area contributed by atoms with Gasteiger partial charge in [-0.3, -0.25) is 0 Å². The van der Waals surface area contributed by atoms with Crippen LogP contribution in [0.25, 0.3) is 0 Å². The van der Waals surface area contributed by atoms with E-state index >= 15 is 0 Å². The van der Waals surface area contributed by atoms with Gasteiger partial charge in [-0.2, -0.15) is 20.1 Å². The lowest BCUT2D eigenvalue weighted by Gasteiger charge is -2.10. The number of hydrazone groups is 1. The summed E-state index contributed by atoms with van der Waals surface area (Å²) in [6.07, 6.45) is 1.42. The van der Waals surface area contributed by atoms with Crippen LogP contribution < -0.4 is 16.1 Å². The summed E-state index contributed by atoms with van der Waals surface area (Å²) in [5, 5.41) is 21.0. The fraction of sp³-hybridized carbons (Fsp3) is 0. The van der Waals surface area contributed by atoms with Crippen molar-refractivity contribution in [2.75, 3.05) is 16.1 Å². The van der Waals surface area contributed by atoms with Gasteiger partial charge in [-0.25, -0.2) is 5.43 Å². The zero-order chi connectivity index (χ0) is 22.3. The monoisotopic (exact) mass is 509 g/mol. The molecule has 0 radical (unpaired) electrons. The number of nitrogens with zero attached hydrogens (tertiary/aromatic N) is 4. The van der Waals surface area contributed by atoms with Crippen molar-refractivity contribution in [3.8, 4) is 5.75 Å². The lowest BCUT2D eigenvalue weighted by Crippen LogP contribution is -2.07. The molecule has 8 nitrogen and oxygen atoms in total. The maximum Gasteiger partial charge on any atom is 0.250 e. The van der Waals surface area contributed by atoms with Gasteiger partial charge < -0.3 is 15.7 Å². The number of aromatic hydroxyl groups is 1. The molecule has 0 atom stereocenters. The Bertz CT molecular complexity index is 1180. The molecule has 4 aromatic rings. The number of hydrogen-bond acceptors (Lipinski definition) is 8. The summed E-state index contributed by atoms with van der Waals surface area (Å²) in [5.41, 5.74) is 4.85. The van der Waals surface area contributed by atoms with Gasteiger partial charge in [0.15, 0.2) is 0 Å². The Kier molecular flexibility index (Phi) is 6.78. The molecule has 0 aliphatic rings. The largest absolute Gasteiger partial charge is 0.506 e. The van der Waals surface area contributed by atoms with Crippen LogP contribution in [-0.4, -0.2) is 26.3 Å². The average molecular weight is 511 g/mol. The molecule has 0 spiro atoms. The summed E-state index contributed by atoms with van der Waals surface area (Å²) >= 11 is 9.29. The summed E-state index contributed by atoms with van der Waals surface area (Å²) in [6, 6.07) is 22.3. The fourth-order valence-corrected chi connectivity index (χ4v) is 3.52. The van der Waals surface area contributed by atoms with Crippen molar-refractivity contribution < 1.29 is 5.11 Å². The first-order valence-corrected chi connectivity index (χ1v) is 10.6.